The summed E-state index contributed by atoms with van der Waals surface area (Å²) in [6.07, 6.45) is 3.48. The third-order valence-corrected chi connectivity index (χ3v) is 2.46. The SMILES string of the molecule is CCOOCc1cnc2[nH]ccc2c1Cl. The molecule has 0 aliphatic heterocycles. The number of pyridine rings is 1. The number of nitrogens with one attached hydrogen (secondary N) is 1. The molecule has 0 bridgehead atoms. The summed E-state index contributed by atoms with van der Waals surface area (Å²) in [4.78, 5) is 16.9. The Hall–Kier alpha value is -1.10. The molecule has 0 fully saturated rings. The number of nitrogens with zero attached hydrogens (tertiary/aromatic N) is 1. The Morgan fingerprint density at radius 1 is 1.47 bits per heavy atom. The zero-order valence-corrected chi connectivity index (χ0v) is 9.04. The summed E-state index contributed by atoms with van der Waals surface area (Å²) in [6, 6.07) is 1.88. The van der Waals surface area contributed by atoms with E-state index in [-0.39, 0.29) is 0 Å². The molecule has 0 aliphatic carbocycles. The second-order valence-corrected chi connectivity index (χ2v) is 3.38. The van der Waals surface area contributed by atoms with Gasteiger partial charge >= 0.3 is 0 Å². The van der Waals surface area contributed by atoms with Crippen molar-refractivity contribution < 1.29 is 9.78 Å². The van der Waals surface area contributed by atoms with Gasteiger partial charge < -0.3 is 4.98 Å². The predicted octanol–water partition coefficient (Wildman–Crippen LogP) is 2.68. The normalized spacial score (nSPS) is 11.1. The molecular formula is C10H11ClN2O2. The van der Waals surface area contributed by atoms with E-state index in [1.165, 1.54) is 0 Å². The predicted molar refractivity (Wildman–Crippen MR) is 57.5 cm³/mol. The minimum absolute atomic E-state index is 0.306. The van der Waals surface area contributed by atoms with Gasteiger partial charge in [-0.25, -0.2) is 14.8 Å². The van der Waals surface area contributed by atoms with Crippen molar-refractivity contribution in [3.05, 3.63) is 29.0 Å². The number of halogens is 1. The molecule has 2 aromatic heterocycles. The van der Waals surface area contributed by atoms with Gasteiger partial charge in [0.1, 0.15) is 12.3 Å². The number of aromatic amines is 1. The molecule has 2 heterocycles. The molecule has 1 N–H and O–H groups in total. The summed E-state index contributed by atoms with van der Waals surface area (Å²) in [5.41, 5.74) is 1.59. The van der Waals surface area contributed by atoms with Crippen molar-refractivity contribution in [3.63, 3.8) is 0 Å². The summed E-state index contributed by atoms with van der Waals surface area (Å²) in [6.45, 7) is 2.67. The van der Waals surface area contributed by atoms with E-state index in [0.29, 0.717) is 18.2 Å². The third-order valence-electron chi connectivity index (χ3n) is 2.01. The molecule has 0 radical (unpaired) electrons. The van der Waals surface area contributed by atoms with Crippen molar-refractivity contribution in [1.29, 1.82) is 0 Å². The first kappa shape index (κ1) is 10.4. The van der Waals surface area contributed by atoms with Crippen molar-refractivity contribution >= 4 is 22.6 Å². The Labute approximate surface area is 92.1 Å². The Kier molecular flexibility index (Phi) is 3.20. The van der Waals surface area contributed by atoms with E-state index < -0.39 is 0 Å². The lowest BCUT2D eigenvalue weighted by Gasteiger charge is -2.04. The van der Waals surface area contributed by atoms with Gasteiger partial charge in [-0.2, -0.15) is 0 Å². The monoisotopic (exact) mass is 226 g/mol. The van der Waals surface area contributed by atoms with E-state index >= 15 is 0 Å². The largest absolute Gasteiger partial charge is 0.346 e. The van der Waals surface area contributed by atoms with Crippen LogP contribution in [0.3, 0.4) is 0 Å². The first-order chi connectivity index (χ1) is 7.33. The molecule has 80 valence electrons. The van der Waals surface area contributed by atoms with Crippen LogP contribution in [0.4, 0.5) is 0 Å². The zero-order valence-electron chi connectivity index (χ0n) is 8.29. The number of aromatic nitrogens is 2. The van der Waals surface area contributed by atoms with Gasteiger partial charge in [-0.3, -0.25) is 0 Å². The minimum atomic E-state index is 0.306. The summed E-state index contributed by atoms with van der Waals surface area (Å²) in [5, 5.41) is 1.55. The van der Waals surface area contributed by atoms with Crippen molar-refractivity contribution in [2.75, 3.05) is 6.61 Å². The first-order valence-corrected chi connectivity index (χ1v) is 5.05. The minimum Gasteiger partial charge on any atom is -0.346 e. The quantitative estimate of drug-likeness (QED) is 0.495. The van der Waals surface area contributed by atoms with Gasteiger partial charge in [0.25, 0.3) is 0 Å². The summed E-state index contributed by atoms with van der Waals surface area (Å²) < 4.78 is 0. The molecule has 0 aliphatic rings. The van der Waals surface area contributed by atoms with Gasteiger partial charge in [0.2, 0.25) is 0 Å². The number of fused-ring (bicyclic) bond motifs is 1. The van der Waals surface area contributed by atoms with Crippen LogP contribution in [-0.2, 0) is 16.4 Å². The summed E-state index contributed by atoms with van der Waals surface area (Å²) in [5.74, 6) is 0. The zero-order chi connectivity index (χ0) is 10.7. The van der Waals surface area contributed by atoms with Crippen molar-refractivity contribution in [2.24, 2.45) is 0 Å². The Morgan fingerprint density at radius 3 is 3.13 bits per heavy atom. The fourth-order valence-corrected chi connectivity index (χ4v) is 1.56. The summed E-state index contributed by atoms with van der Waals surface area (Å²) >= 11 is 6.17. The van der Waals surface area contributed by atoms with Crippen LogP contribution in [0.25, 0.3) is 11.0 Å². The highest BCUT2D eigenvalue weighted by Crippen LogP contribution is 2.25. The molecule has 0 unspecified atom stereocenters. The van der Waals surface area contributed by atoms with Crippen LogP contribution in [-0.4, -0.2) is 16.6 Å². The van der Waals surface area contributed by atoms with Crippen molar-refractivity contribution in [3.8, 4) is 0 Å². The molecule has 0 amide bonds. The molecule has 0 aromatic carbocycles. The Bertz CT molecular complexity index is 456. The summed E-state index contributed by atoms with van der Waals surface area (Å²) in [7, 11) is 0. The number of hydrogen-bond donors (Lipinski definition) is 1. The number of hydrogen-bond acceptors (Lipinski definition) is 3. The van der Waals surface area contributed by atoms with Crippen LogP contribution >= 0.6 is 11.6 Å². The Balaban J connectivity index is 2.23. The molecule has 15 heavy (non-hydrogen) atoms. The van der Waals surface area contributed by atoms with Gasteiger partial charge in [0.05, 0.1) is 11.6 Å². The second kappa shape index (κ2) is 4.61. The fourth-order valence-electron chi connectivity index (χ4n) is 1.31. The molecule has 0 saturated carbocycles. The molecule has 0 atom stereocenters. The molecular weight excluding hydrogens is 216 g/mol. The molecule has 5 heteroatoms. The molecule has 2 aromatic rings. The van der Waals surface area contributed by atoms with E-state index in [2.05, 4.69) is 9.97 Å². The van der Waals surface area contributed by atoms with Crippen LogP contribution in [0, 0.1) is 0 Å². The number of rotatable bonds is 4. The maximum atomic E-state index is 6.17. The first-order valence-electron chi connectivity index (χ1n) is 4.67. The molecule has 4 nitrogen and oxygen atoms in total. The van der Waals surface area contributed by atoms with Crippen LogP contribution in [0.5, 0.6) is 0 Å². The van der Waals surface area contributed by atoms with E-state index in [4.69, 9.17) is 21.4 Å². The van der Waals surface area contributed by atoms with E-state index in [1.807, 2.05) is 13.0 Å². The van der Waals surface area contributed by atoms with E-state index in [1.54, 1.807) is 12.4 Å². The highest BCUT2D eigenvalue weighted by Gasteiger charge is 2.07. The van der Waals surface area contributed by atoms with Gasteiger partial charge in [0, 0.05) is 23.3 Å². The average Bonchev–Trinajstić information content (AvgIpc) is 2.70. The maximum Gasteiger partial charge on any atom is 0.138 e. The van der Waals surface area contributed by atoms with E-state index in [9.17, 15) is 0 Å². The van der Waals surface area contributed by atoms with Crippen molar-refractivity contribution in [2.45, 2.75) is 13.5 Å². The van der Waals surface area contributed by atoms with Gasteiger partial charge in [-0.1, -0.05) is 11.6 Å². The standard InChI is InChI=1S/C10H11ClN2O2/c1-2-14-15-6-7-5-13-10-8(9(7)11)3-4-12-10/h3-5H,2,6H2,1H3,(H,12,13). The number of H-pyrrole nitrogens is 1. The maximum absolute atomic E-state index is 6.17. The van der Waals surface area contributed by atoms with Crippen LogP contribution < -0.4 is 0 Å². The lowest BCUT2D eigenvalue weighted by Crippen LogP contribution is -1.96. The van der Waals surface area contributed by atoms with Crippen LogP contribution in [0.15, 0.2) is 18.5 Å². The fraction of sp³-hybridized carbons (Fsp3) is 0.300. The third kappa shape index (κ3) is 2.12. The highest BCUT2D eigenvalue weighted by molar-refractivity contribution is 6.35. The molecule has 0 saturated heterocycles. The van der Waals surface area contributed by atoms with Crippen molar-refractivity contribution in [1.82, 2.24) is 9.97 Å². The Morgan fingerprint density at radius 2 is 2.33 bits per heavy atom. The highest BCUT2D eigenvalue weighted by atomic mass is 35.5. The van der Waals surface area contributed by atoms with Gasteiger partial charge in [-0.05, 0) is 13.0 Å². The smallest absolute Gasteiger partial charge is 0.138 e. The van der Waals surface area contributed by atoms with E-state index in [0.717, 1.165) is 16.6 Å². The lowest BCUT2D eigenvalue weighted by molar-refractivity contribution is -0.300. The van der Waals surface area contributed by atoms with Gasteiger partial charge in [0.15, 0.2) is 0 Å². The second-order valence-electron chi connectivity index (χ2n) is 3.01. The average molecular weight is 227 g/mol. The topological polar surface area (TPSA) is 47.1 Å². The van der Waals surface area contributed by atoms with Crippen LogP contribution in [0.2, 0.25) is 5.02 Å². The lowest BCUT2D eigenvalue weighted by atomic mass is 10.2. The van der Waals surface area contributed by atoms with Gasteiger partial charge in [-0.15, -0.1) is 0 Å². The van der Waals surface area contributed by atoms with Crippen LogP contribution in [0.1, 0.15) is 12.5 Å². The molecule has 2 rings (SSSR count). The molecule has 0 spiro atoms.